The Morgan fingerprint density at radius 1 is 1.38 bits per heavy atom. The molecule has 2 aromatic rings. The second-order valence-corrected chi connectivity index (χ2v) is 5.29. The van der Waals surface area contributed by atoms with Crippen LogP contribution in [0.4, 0.5) is 4.39 Å². The van der Waals surface area contributed by atoms with Gasteiger partial charge in [-0.3, -0.25) is 14.5 Å². The first-order valence-electron chi connectivity index (χ1n) is 6.99. The number of halogens is 1. The first-order chi connectivity index (χ1) is 10.2. The first kappa shape index (κ1) is 13.9. The van der Waals surface area contributed by atoms with Gasteiger partial charge in [0.05, 0.1) is 24.2 Å². The molecule has 0 saturated heterocycles. The van der Waals surface area contributed by atoms with Crippen molar-refractivity contribution in [2.24, 2.45) is 5.92 Å². The minimum absolute atomic E-state index is 0.133. The summed E-state index contributed by atoms with van der Waals surface area (Å²) in [5, 5.41) is 13.7. The van der Waals surface area contributed by atoms with Crippen LogP contribution in [0.3, 0.4) is 0 Å². The molecular weight excluding hydrogens is 273 g/mol. The molecule has 110 valence electrons. The van der Waals surface area contributed by atoms with E-state index in [4.69, 9.17) is 0 Å². The topological polar surface area (TPSA) is 68.0 Å². The maximum atomic E-state index is 12.9. The molecule has 1 N–H and O–H groups in total. The van der Waals surface area contributed by atoms with Crippen molar-refractivity contribution in [3.8, 4) is 11.4 Å². The molecule has 0 radical (unpaired) electrons. The highest BCUT2D eigenvalue weighted by Crippen LogP contribution is 2.28. The number of rotatable bonds is 5. The molecule has 1 saturated carbocycles. The number of carbonyl (C=O) groups excluding carboxylic acids is 1. The maximum absolute atomic E-state index is 12.9. The molecule has 0 atom stereocenters. The average molecular weight is 289 g/mol. The zero-order valence-electron chi connectivity index (χ0n) is 11.5. The highest BCUT2D eigenvalue weighted by atomic mass is 19.1. The van der Waals surface area contributed by atoms with Crippen molar-refractivity contribution in [2.45, 2.75) is 32.4 Å². The van der Waals surface area contributed by atoms with E-state index in [9.17, 15) is 14.3 Å². The van der Waals surface area contributed by atoms with Gasteiger partial charge in [0.2, 0.25) is 0 Å². The fraction of sp³-hybridized carbons (Fsp3) is 0.400. The van der Waals surface area contributed by atoms with Crippen molar-refractivity contribution in [3.63, 3.8) is 0 Å². The van der Waals surface area contributed by atoms with E-state index in [0.717, 1.165) is 25.5 Å². The summed E-state index contributed by atoms with van der Waals surface area (Å²) in [5.74, 6) is -0.133. The summed E-state index contributed by atoms with van der Waals surface area (Å²) in [4.78, 5) is 16.0. The van der Waals surface area contributed by atoms with Gasteiger partial charge in [0, 0.05) is 5.92 Å². The molecule has 2 aromatic heterocycles. The van der Waals surface area contributed by atoms with Crippen LogP contribution in [0.1, 0.15) is 25.0 Å². The van der Waals surface area contributed by atoms with E-state index < -0.39 is 5.82 Å². The summed E-state index contributed by atoms with van der Waals surface area (Å²) in [6, 6.07) is 4.50. The Balaban J connectivity index is 1.83. The van der Waals surface area contributed by atoms with Gasteiger partial charge in [-0.15, -0.1) is 0 Å². The number of Topliss-reactive ketones (excluding diaryl/α,β-unsaturated/α-hetero) is 1. The van der Waals surface area contributed by atoms with Crippen molar-refractivity contribution in [1.82, 2.24) is 14.8 Å². The number of carbonyl (C=O) groups is 1. The van der Waals surface area contributed by atoms with Crippen LogP contribution in [0.15, 0.2) is 24.4 Å². The molecule has 0 spiro atoms. The van der Waals surface area contributed by atoms with E-state index in [1.54, 1.807) is 6.07 Å². The normalized spacial score (nSPS) is 15.0. The van der Waals surface area contributed by atoms with Crippen molar-refractivity contribution >= 4 is 5.78 Å². The number of hydrogen-bond acceptors (Lipinski definition) is 4. The summed E-state index contributed by atoms with van der Waals surface area (Å²) in [7, 11) is 0. The van der Waals surface area contributed by atoms with Gasteiger partial charge in [-0.05, 0) is 31.0 Å². The van der Waals surface area contributed by atoms with Crippen LogP contribution in [-0.4, -0.2) is 25.7 Å². The Labute approximate surface area is 121 Å². The van der Waals surface area contributed by atoms with Crippen LogP contribution < -0.4 is 0 Å². The second kappa shape index (κ2) is 5.73. The lowest BCUT2D eigenvalue weighted by molar-refractivity contribution is -0.126. The lowest BCUT2D eigenvalue weighted by atomic mass is 9.82. The van der Waals surface area contributed by atoms with Gasteiger partial charge in [0.15, 0.2) is 5.78 Å². The zero-order valence-corrected chi connectivity index (χ0v) is 11.5. The molecule has 21 heavy (non-hydrogen) atoms. The number of nitrogens with zero attached hydrogens (tertiary/aromatic N) is 3. The number of pyridine rings is 1. The fourth-order valence-corrected chi connectivity index (χ4v) is 2.38. The van der Waals surface area contributed by atoms with E-state index in [2.05, 4.69) is 10.1 Å². The number of aromatic nitrogens is 3. The third-order valence-corrected chi connectivity index (χ3v) is 3.88. The molecule has 5 nitrogen and oxygen atoms in total. The van der Waals surface area contributed by atoms with Crippen LogP contribution in [-0.2, 0) is 17.9 Å². The van der Waals surface area contributed by atoms with E-state index in [0.29, 0.717) is 17.1 Å². The Hall–Kier alpha value is -2.08. The molecular formula is C15H16FN3O2. The number of ketones is 1. The first-order valence-corrected chi connectivity index (χ1v) is 6.99. The minimum Gasteiger partial charge on any atom is -0.390 e. The molecule has 3 rings (SSSR count). The van der Waals surface area contributed by atoms with Gasteiger partial charge in [-0.2, -0.15) is 5.10 Å². The van der Waals surface area contributed by atoms with Crippen LogP contribution in [0.5, 0.6) is 0 Å². The van der Waals surface area contributed by atoms with E-state index in [1.165, 1.54) is 16.8 Å². The van der Waals surface area contributed by atoms with Crippen LogP contribution in [0.25, 0.3) is 11.4 Å². The van der Waals surface area contributed by atoms with Crippen LogP contribution in [0.2, 0.25) is 0 Å². The second-order valence-electron chi connectivity index (χ2n) is 5.29. The van der Waals surface area contributed by atoms with E-state index in [1.807, 2.05) is 0 Å². The summed E-state index contributed by atoms with van der Waals surface area (Å²) in [6.07, 6.45) is 4.11. The highest BCUT2D eigenvalue weighted by molar-refractivity contribution is 5.81. The standard InChI is InChI=1S/C15H16FN3O2/c16-11-4-5-13(17-7-11)14-6-12(9-20)19(18-14)8-15(21)10-2-1-3-10/h4-7,10,20H,1-3,8-9H2. The molecule has 0 aromatic carbocycles. The van der Waals surface area contributed by atoms with Gasteiger partial charge in [-0.1, -0.05) is 6.42 Å². The third kappa shape index (κ3) is 2.85. The summed E-state index contributed by atoms with van der Waals surface area (Å²) in [5.41, 5.74) is 1.60. The SMILES string of the molecule is O=C(Cn1nc(-c2ccc(F)cn2)cc1CO)C1CCC1. The molecule has 0 amide bonds. The Bertz CT molecular complexity index is 647. The lowest BCUT2D eigenvalue weighted by Crippen LogP contribution is -2.26. The Morgan fingerprint density at radius 2 is 2.19 bits per heavy atom. The van der Waals surface area contributed by atoms with Crippen molar-refractivity contribution in [1.29, 1.82) is 0 Å². The average Bonchev–Trinajstić information content (AvgIpc) is 2.80. The summed E-state index contributed by atoms with van der Waals surface area (Å²) in [6.45, 7) is -0.0338. The third-order valence-electron chi connectivity index (χ3n) is 3.88. The molecule has 2 heterocycles. The van der Waals surface area contributed by atoms with Crippen LogP contribution in [0, 0.1) is 11.7 Å². The lowest BCUT2D eigenvalue weighted by Gasteiger charge is -2.23. The Kier molecular flexibility index (Phi) is 3.79. The van der Waals surface area contributed by atoms with Gasteiger partial charge in [0.1, 0.15) is 18.1 Å². The fourth-order valence-electron chi connectivity index (χ4n) is 2.38. The van der Waals surface area contributed by atoms with Crippen molar-refractivity contribution < 1.29 is 14.3 Å². The molecule has 0 aliphatic heterocycles. The van der Waals surface area contributed by atoms with Gasteiger partial charge in [0.25, 0.3) is 0 Å². The Morgan fingerprint density at radius 3 is 2.76 bits per heavy atom. The molecule has 6 heteroatoms. The quantitative estimate of drug-likeness (QED) is 0.913. The van der Waals surface area contributed by atoms with Crippen LogP contribution >= 0.6 is 0 Å². The number of aliphatic hydroxyl groups is 1. The molecule has 0 bridgehead atoms. The van der Waals surface area contributed by atoms with E-state index >= 15 is 0 Å². The zero-order chi connectivity index (χ0) is 14.8. The highest BCUT2D eigenvalue weighted by Gasteiger charge is 2.26. The van der Waals surface area contributed by atoms with Gasteiger partial charge < -0.3 is 5.11 Å². The maximum Gasteiger partial charge on any atom is 0.157 e. The van der Waals surface area contributed by atoms with Gasteiger partial charge >= 0.3 is 0 Å². The largest absolute Gasteiger partial charge is 0.390 e. The smallest absolute Gasteiger partial charge is 0.157 e. The molecule has 0 unspecified atom stereocenters. The van der Waals surface area contributed by atoms with Crippen molar-refractivity contribution in [2.75, 3.05) is 0 Å². The predicted molar refractivity (Wildman–Crippen MR) is 73.7 cm³/mol. The molecule has 1 aliphatic rings. The predicted octanol–water partition coefficient (Wildman–Crippen LogP) is 1.95. The minimum atomic E-state index is -0.416. The molecule has 1 aliphatic carbocycles. The summed E-state index contributed by atoms with van der Waals surface area (Å²) < 4.78 is 14.4. The van der Waals surface area contributed by atoms with Crippen molar-refractivity contribution in [3.05, 3.63) is 35.9 Å². The summed E-state index contributed by atoms with van der Waals surface area (Å²) >= 11 is 0. The number of aliphatic hydroxyl groups excluding tert-OH is 1. The molecule has 1 fully saturated rings. The van der Waals surface area contributed by atoms with E-state index in [-0.39, 0.29) is 24.9 Å². The monoisotopic (exact) mass is 289 g/mol. The van der Waals surface area contributed by atoms with Gasteiger partial charge in [-0.25, -0.2) is 4.39 Å². The number of hydrogen-bond donors (Lipinski definition) is 1.